The number of benzene rings is 1. The summed E-state index contributed by atoms with van der Waals surface area (Å²) in [5.74, 6) is -1.49. The molecule has 0 saturated heterocycles. The Labute approximate surface area is 143 Å². The zero-order chi connectivity index (χ0) is 18.4. The van der Waals surface area contributed by atoms with Crippen LogP contribution in [0.2, 0.25) is 0 Å². The van der Waals surface area contributed by atoms with E-state index in [0.717, 1.165) is 0 Å². The van der Waals surface area contributed by atoms with Crippen molar-refractivity contribution in [1.29, 1.82) is 0 Å². The Morgan fingerprint density at radius 3 is 2.40 bits per heavy atom. The summed E-state index contributed by atoms with van der Waals surface area (Å²) in [5.41, 5.74) is -5.02. The van der Waals surface area contributed by atoms with Crippen molar-refractivity contribution in [3.8, 4) is 0 Å². The first-order valence-electron chi connectivity index (χ1n) is 7.73. The maximum atomic E-state index is 12.7. The molecular formula is C16H16F3NO4S. The van der Waals surface area contributed by atoms with Gasteiger partial charge in [-0.15, -0.1) is 0 Å². The van der Waals surface area contributed by atoms with Crippen LogP contribution >= 0.6 is 0 Å². The van der Waals surface area contributed by atoms with Crippen LogP contribution in [0.15, 0.2) is 41.7 Å². The molecule has 0 N–H and O–H groups in total. The minimum atomic E-state index is -5.80. The van der Waals surface area contributed by atoms with Crippen molar-refractivity contribution in [1.82, 2.24) is 0 Å². The number of amides is 1. The standard InChI is InChI=1S/C16H16F3NO4S/c1-10-14(24-25(22,23)16(17,18)19)12-8-5-9-13(12)20(15(10)21)11-6-3-2-4-7-11/h2-4,6-7,12-13H,5,8-9H2,1H3/t12-,13+/m1/s1. The van der Waals surface area contributed by atoms with Crippen LogP contribution in [0.4, 0.5) is 18.9 Å². The Morgan fingerprint density at radius 2 is 1.80 bits per heavy atom. The van der Waals surface area contributed by atoms with E-state index in [0.29, 0.717) is 24.9 Å². The van der Waals surface area contributed by atoms with Gasteiger partial charge in [-0.3, -0.25) is 4.79 Å². The molecule has 1 heterocycles. The molecule has 0 aromatic heterocycles. The van der Waals surface area contributed by atoms with Crippen LogP contribution in [0.25, 0.3) is 0 Å². The van der Waals surface area contributed by atoms with Gasteiger partial charge in [0, 0.05) is 17.6 Å². The van der Waals surface area contributed by atoms with Crippen LogP contribution in [-0.2, 0) is 19.1 Å². The van der Waals surface area contributed by atoms with E-state index in [-0.39, 0.29) is 11.3 Å². The lowest BCUT2D eigenvalue weighted by Crippen LogP contribution is -2.48. The van der Waals surface area contributed by atoms with E-state index in [9.17, 15) is 26.4 Å². The van der Waals surface area contributed by atoms with Gasteiger partial charge in [-0.2, -0.15) is 21.6 Å². The number of carbonyl (C=O) groups is 1. The molecular weight excluding hydrogens is 359 g/mol. The number of anilines is 1. The van der Waals surface area contributed by atoms with E-state index in [1.165, 1.54) is 11.8 Å². The van der Waals surface area contributed by atoms with Crippen molar-refractivity contribution >= 4 is 21.7 Å². The highest BCUT2D eigenvalue weighted by atomic mass is 32.2. The molecule has 2 aliphatic rings. The molecule has 3 rings (SSSR count). The van der Waals surface area contributed by atoms with Gasteiger partial charge >= 0.3 is 15.6 Å². The molecule has 1 aromatic rings. The second-order valence-corrected chi connectivity index (χ2v) is 7.63. The lowest BCUT2D eigenvalue weighted by Gasteiger charge is -2.38. The monoisotopic (exact) mass is 375 g/mol. The Morgan fingerprint density at radius 1 is 1.16 bits per heavy atom. The maximum Gasteiger partial charge on any atom is 0.534 e. The molecule has 1 saturated carbocycles. The average molecular weight is 375 g/mol. The van der Waals surface area contributed by atoms with Crippen LogP contribution < -0.4 is 4.90 Å². The zero-order valence-corrected chi connectivity index (χ0v) is 14.1. The highest BCUT2D eigenvalue weighted by Crippen LogP contribution is 2.44. The van der Waals surface area contributed by atoms with Crippen LogP contribution in [-0.4, -0.2) is 25.9 Å². The van der Waals surface area contributed by atoms with E-state index in [4.69, 9.17) is 0 Å². The molecule has 0 bridgehead atoms. The number of fused-ring (bicyclic) bond motifs is 1. The second-order valence-electron chi connectivity index (χ2n) is 6.09. The zero-order valence-electron chi connectivity index (χ0n) is 13.3. The molecule has 0 unspecified atom stereocenters. The van der Waals surface area contributed by atoms with Gasteiger partial charge in [-0.05, 0) is 31.9 Å². The Bertz CT molecular complexity index is 818. The minimum absolute atomic E-state index is 0.111. The molecule has 1 fully saturated rings. The third-order valence-electron chi connectivity index (χ3n) is 4.57. The van der Waals surface area contributed by atoms with E-state index in [2.05, 4.69) is 4.18 Å². The summed E-state index contributed by atoms with van der Waals surface area (Å²) >= 11 is 0. The summed E-state index contributed by atoms with van der Waals surface area (Å²) in [5, 5.41) is 0. The van der Waals surface area contributed by atoms with Crippen molar-refractivity contribution in [3.63, 3.8) is 0 Å². The van der Waals surface area contributed by atoms with Crippen LogP contribution in [0.3, 0.4) is 0 Å². The van der Waals surface area contributed by atoms with Gasteiger partial charge < -0.3 is 9.08 Å². The fraction of sp³-hybridized carbons (Fsp3) is 0.438. The van der Waals surface area contributed by atoms with Crippen LogP contribution in [0.5, 0.6) is 0 Å². The average Bonchev–Trinajstić information content (AvgIpc) is 3.01. The van der Waals surface area contributed by atoms with Crippen molar-refractivity contribution in [2.24, 2.45) is 5.92 Å². The first-order chi connectivity index (χ1) is 11.6. The van der Waals surface area contributed by atoms with E-state index in [1.54, 1.807) is 30.3 Å². The number of hydrogen-bond acceptors (Lipinski definition) is 4. The topological polar surface area (TPSA) is 63.7 Å². The summed E-state index contributed by atoms with van der Waals surface area (Å²) in [7, 11) is -5.80. The van der Waals surface area contributed by atoms with Crippen LogP contribution in [0, 0.1) is 5.92 Å². The van der Waals surface area contributed by atoms with Gasteiger partial charge in [0.05, 0.1) is 5.57 Å². The van der Waals surface area contributed by atoms with E-state index < -0.39 is 33.5 Å². The smallest absolute Gasteiger partial charge is 0.380 e. The molecule has 0 radical (unpaired) electrons. The summed E-state index contributed by atoms with van der Waals surface area (Å²) in [6.07, 6.45) is 1.69. The second kappa shape index (κ2) is 6.05. The molecule has 0 spiro atoms. The first kappa shape index (κ1) is 17.8. The molecule has 1 aliphatic carbocycles. The Kier molecular flexibility index (Phi) is 4.30. The number of nitrogens with zero attached hydrogens (tertiary/aromatic N) is 1. The molecule has 5 nitrogen and oxygen atoms in total. The summed E-state index contributed by atoms with van der Waals surface area (Å²) in [6, 6.07) is 8.35. The number of hydrogen-bond donors (Lipinski definition) is 0. The molecule has 1 aromatic carbocycles. The number of carbonyl (C=O) groups excluding carboxylic acids is 1. The fourth-order valence-corrected chi connectivity index (χ4v) is 4.04. The number of halogens is 3. The summed E-state index contributed by atoms with van der Waals surface area (Å²) < 4.78 is 65.2. The number of para-hydroxylation sites is 1. The van der Waals surface area contributed by atoms with Crippen molar-refractivity contribution in [3.05, 3.63) is 41.7 Å². The molecule has 2 atom stereocenters. The van der Waals surface area contributed by atoms with Gasteiger partial charge in [0.1, 0.15) is 5.76 Å². The lowest BCUT2D eigenvalue weighted by molar-refractivity contribution is -0.116. The lowest BCUT2D eigenvalue weighted by atomic mass is 9.91. The number of rotatable bonds is 3. The predicted octanol–water partition coefficient (Wildman–Crippen LogP) is 3.34. The predicted molar refractivity (Wildman–Crippen MR) is 83.8 cm³/mol. The third kappa shape index (κ3) is 3.01. The van der Waals surface area contributed by atoms with Crippen molar-refractivity contribution < 1.29 is 30.6 Å². The van der Waals surface area contributed by atoms with Gasteiger partial charge in [0.2, 0.25) is 0 Å². The highest BCUT2D eigenvalue weighted by molar-refractivity contribution is 7.87. The molecule has 9 heteroatoms. The largest absolute Gasteiger partial charge is 0.534 e. The van der Waals surface area contributed by atoms with Gasteiger partial charge in [0.15, 0.2) is 0 Å². The molecule has 1 aliphatic heterocycles. The highest BCUT2D eigenvalue weighted by Gasteiger charge is 2.52. The third-order valence-corrected chi connectivity index (χ3v) is 5.54. The normalized spacial score (nSPS) is 24.5. The SMILES string of the molecule is CC1=C(OS(=O)(=O)C(F)(F)F)[C@@H]2CCC[C@@H]2N(c2ccccc2)C1=O. The van der Waals surface area contributed by atoms with Gasteiger partial charge in [-0.1, -0.05) is 24.6 Å². The summed E-state index contributed by atoms with van der Waals surface area (Å²) in [6.45, 7) is 1.30. The summed E-state index contributed by atoms with van der Waals surface area (Å²) in [4.78, 5) is 14.3. The molecule has 136 valence electrons. The van der Waals surface area contributed by atoms with Gasteiger partial charge in [-0.25, -0.2) is 0 Å². The van der Waals surface area contributed by atoms with Crippen molar-refractivity contribution in [2.45, 2.75) is 37.7 Å². The van der Waals surface area contributed by atoms with E-state index in [1.807, 2.05) is 0 Å². The van der Waals surface area contributed by atoms with Gasteiger partial charge in [0.25, 0.3) is 5.91 Å². The molecule has 1 amide bonds. The first-order valence-corrected chi connectivity index (χ1v) is 9.14. The fourth-order valence-electron chi connectivity index (χ4n) is 3.46. The molecule has 25 heavy (non-hydrogen) atoms. The van der Waals surface area contributed by atoms with Crippen LogP contribution in [0.1, 0.15) is 26.2 Å². The quantitative estimate of drug-likeness (QED) is 0.600. The number of alkyl halides is 3. The minimum Gasteiger partial charge on any atom is -0.380 e. The maximum absolute atomic E-state index is 12.7. The Balaban J connectivity index is 2.04. The Hall–Kier alpha value is -2.03. The van der Waals surface area contributed by atoms with Crippen molar-refractivity contribution in [2.75, 3.05) is 4.90 Å². The van der Waals surface area contributed by atoms with E-state index >= 15 is 0 Å².